The van der Waals surface area contributed by atoms with E-state index in [2.05, 4.69) is 15.6 Å². The first kappa shape index (κ1) is 20.2. The number of halogens is 2. The quantitative estimate of drug-likeness (QED) is 0.234. The van der Waals surface area contributed by atoms with E-state index in [-0.39, 0.29) is 29.7 Å². The predicted molar refractivity (Wildman–Crippen MR) is 107 cm³/mol. The molecule has 0 spiro atoms. The Hall–Kier alpha value is -1.87. The summed E-state index contributed by atoms with van der Waals surface area (Å²) >= 11 is 6.11. The molecule has 2 aromatic rings. The lowest BCUT2D eigenvalue weighted by Gasteiger charge is -2.12. The van der Waals surface area contributed by atoms with Crippen LogP contribution < -0.4 is 10.6 Å². The van der Waals surface area contributed by atoms with E-state index >= 15 is 0 Å². The third-order valence-corrected chi connectivity index (χ3v) is 3.58. The molecule has 0 aliphatic carbocycles. The Balaban J connectivity index is 0.00000288. The van der Waals surface area contributed by atoms with Gasteiger partial charge in [-0.2, -0.15) is 0 Å². The molecule has 0 atom stereocenters. The second-order valence-corrected chi connectivity index (χ2v) is 5.20. The van der Waals surface area contributed by atoms with Gasteiger partial charge in [0.2, 0.25) is 0 Å². The minimum absolute atomic E-state index is 0. The first-order valence-corrected chi connectivity index (χ1v) is 7.39. The number of nitrogens with zero attached hydrogens (tertiary/aromatic N) is 2. The second-order valence-electron chi connectivity index (χ2n) is 4.80. The van der Waals surface area contributed by atoms with Crippen LogP contribution in [0.3, 0.4) is 0 Å². The Morgan fingerprint density at radius 2 is 1.88 bits per heavy atom. The molecule has 0 saturated carbocycles. The van der Waals surface area contributed by atoms with Crippen LogP contribution in [0.2, 0.25) is 5.02 Å². The zero-order chi connectivity index (χ0) is 16.7. The van der Waals surface area contributed by atoms with Gasteiger partial charge in [-0.1, -0.05) is 41.9 Å². The average Bonchev–Trinajstić information content (AvgIpc) is 2.56. The summed E-state index contributed by atoms with van der Waals surface area (Å²) < 4.78 is 0. The van der Waals surface area contributed by atoms with E-state index in [0.717, 1.165) is 11.1 Å². The molecule has 2 N–H and O–H groups in total. The van der Waals surface area contributed by atoms with Crippen LogP contribution in [0.4, 0.5) is 5.69 Å². The van der Waals surface area contributed by atoms with Crippen molar-refractivity contribution in [1.82, 2.24) is 10.6 Å². The number of rotatable bonds is 5. The minimum atomic E-state index is -0.409. The summed E-state index contributed by atoms with van der Waals surface area (Å²) in [6.45, 7) is 0.970. The second kappa shape index (κ2) is 10.1. The van der Waals surface area contributed by atoms with Crippen molar-refractivity contribution in [3.05, 3.63) is 74.8 Å². The molecule has 0 saturated heterocycles. The van der Waals surface area contributed by atoms with E-state index in [1.807, 2.05) is 30.3 Å². The highest BCUT2D eigenvalue weighted by Crippen LogP contribution is 2.14. The van der Waals surface area contributed by atoms with Crippen LogP contribution >= 0.6 is 35.6 Å². The molecule has 0 aliphatic heterocycles. The van der Waals surface area contributed by atoms with Crippen LogP contribution in [0.25, 0.3) is 0 Å². The van der Waals surface area contributed by atoms with Gasteiger partial charge in [0, 0.05) is 37.3 Å². The van der Waals surface area contributed by atoms with Crippen molar-refractivity contribution in [2.45, 2.75) is 13.1 Å². The standard InChI is InChI=1S/C16H17ClN4O2.HI/c1-18-16(20-11-13-6-2-3-8-15(13)17)19-10-12-5-4-7-14(9-12)21(22)23;/h2-9H,10-11H2,1H3,(H2,18,19,20);1H. The normalized spacial score (nSPS) is 10.7. The van der Waals surface area contributed by atoms with E-state index in [0.29, 0.717) is 24.1 Å². The van der Waals surface area contributed by atoms with Gasteiger partial charge >= 0.3 is 0 Å². The third-order valence-electron chi connectivity index (χ3n) is 3.21. The fourth-order valence-corrected chi connectivity index (χ4v) is 2.21. The van der Waals surface area contributed by atoms with Crippen molar-refractivity contribution < 1.29 is 4.92 Å². The zero-order valence-electron chi connectivity index (χ0n) is 13.0. The molecule has 0 radical (unpaired) electrons. The van der Waals surface area contributed by atoms with Crippen LogP contribution in [0.1, 0.15) is 11.1 Å². The number of aliphatic imine (C=N–C) groups is 1. The number of guanidine groups is 1. The third kappa shape index (κ3) is 5.97. The number of nitrogens with one attached hydrogen (secondary N) is 2. The summed E-state index contributed by atoms with van der Waals surface area (Å²) in [6, 6.07) is 14.0. The lowest BCUT2D eigenvalue weighted by atomic mass is 10.2. The molecule has 0 unspecified atom stereocenters. The van der Waals surface area contributed by atoms with Gasteiger partial charge in [0.05, 0.1) is 4.92 Å². The Morgan fingerprint density at radius 3 is 2.54 bits per heavy atom. The van der Waals surface area contributed by atoms with Gasteiger partial charge in [0.1, 0.15) is 0 Å². The van der Waals surface area contributed by atoms with Crippen molar-refractivity contribution in [3.63, 3.8) is 0 Å². The number of non-ortho nitro benzene ring substituents is 1. The zero-order valence-corrected chi connectivity index (χ0v) is 16.1. The van der Waals surface area contributed by atoms with E-state index < -0.39 is 4.92 Å². The van der Waals surface area contributed by atoms with E-state index in [1.54, 1.807) is 13.1 Å². The lowest BCUT2D eigenvalue weighted by molar-refractivity contribution is -0.384. The molecule has 0 bridgehead atoms. The summed E-state index contributed by atoms with van der Waals surface area (Å²) in [7, 11) is 1.66. The number of hydrogen-bond acceptors (Lipinski definition) is 3. The van der Waals surface area contributed by atoms with Gasteiger partial charge in [0.25, 0.3) is 5.69 Å². The van der Waals surface area contributed by atoms with Gasteiger partial charge in [0.15, 0.2) is 5.96 Å². The highest BCUT2D eigenvalue weighted by atomic mass is 127. The number of benzene rings is 2. The Bertz CT molecular complexity index is 725. The van der Waals surface area contributed by atoms with Crippen LogP contribution in [-0.2, 0) is 13.1 Å². The summed E-state index contributed by atoms with van der Waals surface area (Å²) in [5.41, 5.74) is 1.84. The van der Waals surface area contributed by atoms with Crippen LogP contribution in [0.15, 0.2) is 53.5 Å². The van der Waals surface area contributed by atoms with Crippen molar-refractivity contribution in [2.75, 3.05) is 7.05 Å². The van der Waals surface area contributed by atoms with Crippen LogP contribution in [0.5, 0.6) is 0 Å². The molecule has 0 aromatic heterocycles. The van der Waals surface area contributed by atoms with Gasteiger partial charge in [-0.15, -0.1) is 24.0 Å². The topological polar surface area (TPSA) is 79.6 Å². The molecule has 0 fully saturated rings. The van der Waals surface area contributed by atoms with E-state index in [9.17, 15) is 10.1 Å². The highest BCUT2D eigenvalue weighted by Gasteiger charge is 2.06. The molecule has 2 aromatic carbocycles. The number of nitro groups is 1. The fraction of sp³-hybridized carbons (Fsp3) is 0.188. The van der Waals surface area contributed by atoms with Gasteiger partial charge in [-0.05, 0) is 17.2 Å². The predicted octanol–water partition coefficient (Wildman–Crippen LogP) is 3.73. The summed E-state index contributed by atoms with van der Waals surface area (Å²) in [4.78, 5) is 14.5. The largest absolute Gasteiger partial charge is 0.352 e. The van der Waals surface area contributed by atoms with Crippen molar-refractivity contribution in [3.8, 4) is 0 Å². The molecule has 0 aliphatic rings. The smallest absolute Gasteiger partial charge is 0.269 e. The maximum Gasteiger partial charge on any atom is 0.269 e. The first-order chi connectivity index (χ1) is 11.1. The Labute approximate surface area is 162 Å². The Morgan fingerprint density at radius 1 is 1.17 bits per heavy atom. The number of hydrogen-bond donors (Lipinski definition) is 2. The summed E-state index contributed by atoms with van der Waals surface area (Å²) in [6.07, 6.45) is 0. The van der Waals surface area contributed by atoms with Crippen molar-refractivity contribution >= 4 is 47.2 Å². The molecular weight excluding hydrogens is 443 g/mol. The maximum absolute atomic E-state index is 10.8. The van der Waals surface area contributed by atoms with Gasteiger partial charge in [-0.3, -0.25) is 15.1 Å². The van der Waals surface area contributed by atoms with Crippen molar-refractivity contribution in [1.29, 1.82) is 0 Å². The molecule has 2 rings (SSSR count). The number of nitro benzene ring substituents is 1. The SMILES string of the molecule is CN=C(NCc1cccc([N+](=O)[O-])c1)NCc1ccccc1Cl.I. The van der Waals surface area contributed by atoms with Crippen LogP contribution in [-0.4, -0.2) is 17.9 Å². The fourth-order valence-electron chi connectivity index (χ4n) is 2.01. The molecule has 8 heteroatoms. The average molecular weight is 461 g/mol. The van der Waals surface area contributed by atoms with E-state index in [4.69, 9.17) is 11.6 Å². The molecule has 0 amide bonds. The minimum Gasteiger partial charge on any atom is -0.352 e. The van der Waals surface area contributed by atoms with Gasteiger partial charge < -0.3 is 10.6 Å². The first-order valence-electron chi connectivity index (χ1n) is 7.01. The molecule has 0 heterocycles. The lowest BCUT2D eigenvalue weighted by Crippen LogP contribution is -2.36. The summed E-state index contributed by atoms with van der Waals surface area (Å²) in [5, 5.41) is 17.7. The molecule has 128 valence electrons. The highest BCUT2D eigenvalue weighted by molar-refractivity contribution is 14.0. The summed E-state index contributed by atoms with van der Waals surface area (Å²) in [5.74, 6) is 0.594. The monoisotopic (exact) mass is 460 g/mol. The molecule has 6 nitrogen and oxygen atoms in total. The Kier molecular flexibility index (Phi) is 8.48. The van der Waals surface area contributed by atoms with Gasteiger partial charge in [-0.25, -0.2) is 0 Å². The maximum atomic E-state index is 10.8. The van der Waals surface area contributed by atoms with Crippen molar-refractivity contribution in [2.24, 2.45) is 4.99 Å². The van der Waals surface area contributed by atoms with Crippen LogP contribution in [0, 0.1) is 10.1 Å². The molecule has 24 heavy (non-hydrogen) atoms. The molecular formula is C16H18ClIN4O2. The van der Waals surface area contributed by atoms with E-state index in [1.165, 1.54) is 12.1 Å².